The van der Waals surface area contributed by atoms with E-state index in [0.29, 0.717) is 58.9 Å². The van der Waals surface area contributed by atoms with Crippen molar-refractivity contribution in [3.8, 4) is 0 Å². The van der Waals surface area contributed by atoms with Gasteiger partial charge in [-0.25, -0.2) is 4.79 Å². The molecule has 0 spiro atoms. The summed E-state index contributed by atoms with van der Waals surface area (Å²) in [7, 11) is 0. The van der Waals surface area contributed by atoms with Gasteiger partial charge in [0.25, 0.3) is 0 Å². The first-order chi connectivity index (χ1) is 11.7. The Morgan fingerprint density at radius 1 is 1.04 bits per heavy atom. The standard InChI is InChI=1S/C16H25N5O3/c1-2-14(21-5-3-4-17-21)15(22)18-6-8-19(9-7-18)16(23)20-10-12-24-13-11-20/h3-5,14H,2,6-13H2,1H3/t14-/m0/s1. The molecule has 2 fully saturated rings. The normalized spacial score (nSPS) is 20.1. The zero-order valence-corrected chi connectivity index (χ0v) is 14.1. The molecular weight excluding hydrogens is 310 g/mol. The van der Waals surface area contributed by atoms with E-state index in [1.54, 1.807) is 10.9 Å². The number of amides is 3. The Bertz CT molecular complexity index is 548. The third-order valence-electron chi connectivity index (χ3n) is 4.66. The van der Waals surface area contributed by atoms with Crippen molar-refractivity contribution in [1.82, 2.24) is 24.5 Å². The molecule has 1 aromatic heterocycles. The van der Waals surface area contributed by atoms with Gasteiger partial charge in [-0.2, -0.15) is 5.10 Å². The number of carbonyl (C=O) groups is 2. The second-order valence-electron chi connectivity index (χ2n) is 6.10. The fraction of sp³-hybridized carbons (Fsp3) is 0.688. The predicted molar refractivity (Wildman–Crippen MR) is 87.5 cm³/mol. The lowest BCUT2D eigenvalue weighted by molar-refractivity contribution is -0.136. The molecule has 0 saturated carbocycles. The largest absolute Gasteiger partial charge is 0.378 e. The Hall–Kier alpha value is -2.09. The number of ether oxygens (including phenoxy) is 1. The van der Waals surface area contributed by atoms with Gasteiger partial charge in [0.1, 0.15) is 6.04 Å². The van der Waals surface area contributed by atoms with Crippen LogP contribution in [0, 0.1) is 0 Å². The van der Waals surface area contributed by atoms with Crippen LogP contribution in [0.4, 0.5) is 4.79 Å². The number of nitrogens with zero attached hydrogens (tertiary/aromatic N) is 5. The summed E-state index contributed by atoms with van der Waals surface area (Å²) in [6.45, 7) is 6.81. The van der Waals surface area contributed by atoms with Gasteiger partial charge in [0, 0.05) is 51.7 Å². The lowest BCUT2D eigenvalue weighted by Gasteiger charge is -2.39. The molecule has 2 aliphatic rings. The van der Waals surface area contributed by atoms with Gasteiger partial charge in [0.15, 0.2) is 0 Å². The number of carbonyl (C=O) groups excluding carboxylic acids is 2. The summed E-state index contributed by atoms with van der Waals surface area (Å²) in [6, 6.07) is 1.63. The van der Waals surface area contributed by atoms with Gasteiger partial charge in [-0.3, -0.25) is 9.48 Å². The maximum absolute atomic E-state index is 12.7. The van der Waals surface area contributed by atoms with Crippen LogP contribution < -0.4 is 0 Å². The van der Waals surface area contributed by atoms with E-state index in [4.69, 9.17) is 4.74 Å². The zero-order chi connectivity index (χ0) is 16.9. The molecule has 0 bridgehead atoms. The lowest BCUT2D eigenvalue weighted by Crippen LogP contribution is -2.56. The van der Waals surface area contributed by atoms with Crippen LogP contribution >= 0.6 is 0 Å². The number of aromatic nitrogens is 2. The molecule has 8 heteroatoms. The Labute approximate surface area is 141 Å². The molecule has 0 N–H and O–H groups in total. The number of urea groups is 1. The van der Waals surface area contributed by atoms with Gasteiger partial charge in [-0.05, 0) is 12.5 Å². The molecule has 0 unspecified atom stereocenters. The first-order valence-electron chi connectivity index (χ1n) is 8.60. The molecule has 132 valence electrons. The minimum atomic E-state index is -0.263. The van der Waals surface area contributed by atoms with Crippen LogP contribution in [0.2, 0.25) is 0 Å². The van der Waals surface area contributed by atoms with Crippen molar-refractivity contribution >= 4 is 11.9 Å². The third kappa shape index (κ3) is 3.53. The summed E-state index contributed by atoms with van der Waals surface area (Å²) in [5, 5.41) is 4.19. The van der Waals surface area contributed by atoms with Gasteiger partial charge in [0.05, 0.1) is 13.2 Å². The highest BCUT2D eigenvalue weighted by atomic mass is 16.5. The quantitative estimate of drug-likeness (QED) is 0.803. The second kappa shape index (κ2) is 7.65. The molecule has 2 saturated heterocycles. The molecule has 1 atom stereocenters. The molecule has 8 nitrogen and oxygen atoms in total. The molecule has 2 aliphatic heterocycles. The summed E-state index contributed by atoms with van der Waals surface area (Å²) >= 11 is 0. The van der Waals surface area contributed by atoms with Gasteiger partial charge < -0.3 is 19.4 Å². The topological polar surface area (TPSA) is 70.9 Å². The fourth-order valence-corrected chi connectivity index (χ4v) is 3.22. The van der Waals surface area contributed by atoms with Gasteiger partial charge in [-0.1, -0.05) is 6.92 Å². The van der Waals surface area contributed by atoms with Gasteiger partial charge >= 0.3 is 6.03 Å². The SMILES string of the molecule is CC[C@@H](C(=O)N1CCN(C(=O)N2CCOCC2)CC1)n1cccn1. The first-order valence-corrected chi connectivity index (χ1v) is 8.60. The van der Waals surface area contributed by atoms with E-state index in [-0.39, 0.29) is 18.0 Å². The van der Waals surface area contributed by atoms with Crippen LogP contribution in [0.25, 0.3) is 0 Å². The summed E-state index contributed by atoms with van der Waals surface area (Å²) in [5.41, 5.74) is 0. The molecule has 1 aromatic rings. The average Bonchev–Trinajstić information content (AvgIpc) is 3.17. The summed E-state index contributed by atoms with van der Waals surface area (Å²) < 4.78 is 7.00. The minimum absolute atomic E-state index is 0.0597. The van der Waals surface area contributed by atoms with Crippen molar-refractivity contribution in [2.24, 2.45) is 0 Å². The summed E-state index contributed by atoms with van der Waals surface area (Å²) in [5.74, 6) is 0.0830. The molecule has 24 heavy (non-hydrogen) atoms. The van der Waals surface area contributed by atoms with Crippen molar-refractivity contribution in [1.29, 1.82) is 0 Å². The average molecular weight is 335 g/mol. The highest BCUT2D eigenvalue weighted by Crippen LogP contribution is 2.16. The van der Waals surface area contributed by atoms with Gasteiger partial charge in [0.2, 0.25) is 5.91 Å². The number of hydrogen-bond acceptors (Lipinski definition) is 4. The van der Waals surface area contributed by atoms with E-state index < -0.39 is 0 Å². The van der Waals surface area contributed by atoms with Crippen LogP contribution in [-0.4, -0.2) is 88.9 Å². The van der Waals surface area contributed by atoms with Crippen molar-refractivity contribution in [2.45, 2.75) is 19.4 Å². The predicted octanol–water partition coefficient (Wildman–Crippen LogP) is 0.431. The zero-order valence-electron chi connectivity index (χ0n) is 14.1. The summed E-state index contributed by atoms with van der Waals surface area (Å²) in [6.07, 6.45) is 4.21. The number of morpholine rings is 1. The van der Waals surface area contributed by atoms with Crippen molar-refractivity contribution in [2.75, 3.05) is 52.5 Å². The molecule has 3 rings (SSSR count). The van der Waals surface area contributed by atoms with E-state index in [1.165, 1.54) is 0 Å². The fourth-order valence-electron chi connectivity index (χ4n) is 3.22. The minimum Gasteiger partial charge on any atom is -0.378 e. The maximum Gasteiger partial charge on any atom is 0.320 e. The Kier molecular flexibility index (Phi) is 5.34. The molecule has 0 aliphatic carbocycles. The second-order valence-corrected chi connectivity index (χ2v) is 6.10. The monoisotopic (exact) mass is 335 g/mol. The molecule has 0 aromatic carbocycles. The Morgan fingerprint density at radius 2 is 1.67 bits per heavy atom. The highest BCUT2D eigenvalue weighted by Gasteiger charge is 2.31. The maximum atomic E-state index is 12.7. The third-order valence-corrected chi connectivity index (χ3v) is 4.66. The molecule has 3 heterocycles. The number of rotatable bonds is 3. The number of piperazine rings is 1. The van der Waals surface area contributed by atoms with Crippen molar-refractivity contribution < 1.29 is 14.3 Å². The Balaban J connectivity index is 1.54. The molecular formula is C16H25N5O3. The van der Waals surface area contributed by atoms with Crippen LogP contribution in [-0.2, 0) is 9.53 Å². The van der Waals surface area contributed by atoms with Crippen molar-refractivity contribution in [3.63, 3.8) is 0 Å². The van der Waals surface area contributed by atoms with Crippen LogP contribution in [0.1, 0.15) is 19.4 Å². The lowest BCUT2D eigenvalue weighted by atomic mass is 10.2. The Morgan fingerprint density at radius 3 is 2.25 bits per heavy atom. The van der Waals surface area contributed by atoms with Crippen LogP contribution in [0.5, 0.6) is 0 Å². The van der Waals surface area contributed by atoms with E-state index in [2.05, 4.69) is 5.10 Å². The smallest absolute Gasteiger partial charge is 0.320 e. The first kappa shape index (κ1) is 16.8. The van der Waals surface area contributed by atoms with Crippen LogP contribution in [0.15, 0.2) is 18.5 Å². The highest BCUT2D eigenvalue weighted by molar-refractivity contribution is 5.81. The molecule has 3 amide bonds. The van der Waals surface area contributed by atoms with E-state index in [1.807, 2.05) is 33.9 Å². The summed E-state index contributed by atoms with van der Waals surface area (Å²) in [4.78, 5) is 30.7. The molecule has 0 radical (unpaired) electrons. The van der Waals surface area contributed by atoms with Crippen molar-refractivity contribution in [3.05, 3.63) is 18.5 Å². The van der Waals surface area contributed by atoms with Crippen LogP contribution in [0.3, 0.4) is 0 Å². The van der Waals surface area contributed by atoms with E-state index in [0.717, 1.165) is 0 Å². The van der Waals surface area contributed by atoms with E-state index in [9.17, 15) is 9.59 Å². The van der Waals surface area contributed by atoms with E-state index >= 15 is 0 Å². The van der Waals surface area contributed by atoms with Gasteiger partial charge in [-0.15, -0.1) is 0 Å². The number of hydrogen-bond donors (Lipinski definition) is 0.